The first-order chi connectivity index (χ1) is 23.8. The van der Waals surface area contributed by atoms with Crippen molar-refractivity contribution in [2.45, 2.75) is 0 Å². The van der Waals surface area contributed by atoms with Gasteiger partial charge in [-0.2, -0.15) is 0 Å². The molecule has 0 bridgehead atoms. The van der Waals surface area contributed by atoms with Crippen LogP contribution >= 0.6 is 0 Å². The van der Waals surface area contributed by atoms with Gasteiger partial charge in [-0.15, -0.1) is 0 Å². The van der Waals surface area contributed by atoms with Crippen LogP contribution in [0.5, 0.6) is 0 Å². The van der Waals surface area contributed by atoms with E-state index in [1.807, 2.05) is 0 Å². The summed E-state index contributed by atoms with van der Waals surface area (Å²) in [4.78, 5) is 2.31. The normalized spacial score (nSPS) is 11.3. The molecule has 0 atom stereocenters. The zero-order chi connectivity index (χ0) is 31.9. The molecule has 0 unspecified atom stereocenters. The van der Waals surface area contributed by atoms with Gasteiger partial charge in [-0.1, -0.05) is 146 Å². The molecule has 1 aromatic heterocycles. The van der Waals surface area contributed by atoms with Crippen LogP contribution in [0.2, 0.25) is 0 Å². The van der Waals surface area contributed by atoms with Crippen LogP contribution in [0.15, 0.2) is 192 Å². The van der Waals surface area contributed by atoms with Gasteiger partial charge >= 0.3 is 0 Å². The van der Waals surface area contributed by atoms with E-state index in [9.17, 15) is 0 Å². The quantitative estimate of drug-likeness (QED) is 0.185. The van der Waals surface area contributed by atoms with E-state index in [1.54, 1.807) is 0 Å². The first-order valence-corrected chi connectivity index (χ1v) is 16.4. The van der Waals surface area contributed by atoms with E-state index in [-0.39, 0.29) is 0 Å². The molecule has 9 aromatic rings. The summed E-state index contributed by atoms with van der Waals surface area (Å²) in [6, 6.07) is 66.7. The van der Waals surface area contributed by atoms with E-state index in [1.165, 1.54) is 22.3 Å². The van der Waals surface area contributed by atoms with Gasteiger partial charge in [-0.05, 0) is 81.2 Å². The fraction of sp³-hybridized carbons (Fsp3) is 0. The number of nitrogens with zero attached hydrogens (tertiary/aromatic N) is 1. The number of hydrogen-bond acceptors (Lipinski definition) is 2. The van der Waals surface area contributed by atoms with Gasteiger partial charge in [-0.25, -0.2) is 0 Å². The third-order valence-electron chi connectivity index (χ3n) is 9.26. The number of hydrogen-bond donors (Lipinski definition) is 0. The molecule has 0 aliphatic carbocycles. The Bertz CT molecular complexity index is 2530. The van der Waals surface area contributed by atoms with Crippen molar-refractivity contribution in [3.8, 4) is 33.4 Å². The maximum atomic E-state index is 7.05. The van der Waals surface area contributed by atoms with Crippen molar-refractivity contribution in [1.82, 2.24) is 0 Å². The number of benzene rings is 8. The Morgan fingerprint density at radius 1 is 0.354 bits per heavy atom. The first-order valence-electron chi connectivity index (χ1n) is 16.4. The third kappa shape index (κ3) is 4.83. The second-order valence-corrected chi connectivity index (χ2v) is 12.1. The second-order valence-electron chi connectivity index (χ2n) is 12.1. The van der Waals surface area contributed by atoms with Gasteiger partial charge in [0, 0.05) is 27.5 Å². The van der Waals surface area contributed by atoms with Crippen LogP contribution in [0.4, 0.5) is 17.1 Å². The average molecular weight is 614 g/mol. The van der Waals surface area contributed by atoms with Gasteiger partial charge in [0.05, 0.1) is 5.69 Å². The molecule has 48 heavy (non-hydrogen) atoms. The van der Waals surface area contributed by atoms with Crippen molar-refractivity contribution >= 4 is 49.8 Å². The highest BCUT2D eigenvalue weighted by molar-refractivity contribution is 6.21. The second kappa shape index (κ2) is 11.8. The van der Waals surface area contributed by atoms with Gasteiger partial charge < -0.3 is 9.32 Å². The summed E-state index contributed by atoms with van der Waals surface area (Å²) in [5, 5.41) is 4.49. The molecular formula is C46H31NO. The van der Waals surface area contributed by atoms with Gasteiger partial charge in [0.2, 0.25) is 0 Å². The Labute approximate surface area is 279 Å². The van der Waals surface area contributed by atoms with Gasteiger partial charge in [0.15, 0.2) is 5.58 Å². The number of anilines is 3. The van der Waals surface area contributed by atoms with E-state index in [0.717, 1.165) is 60.9 Å². The Morgan fingerprint density at radius 2 is 0.938 bits per heavy atom. The van der Waals surface area contributed by atoms with Gasteiger partial charge in [0.1, 0.15) is 5.58 Å². The highest BCUT2D eigenvalue weighted by Crippen LogP contribution is 2.47. The molecule has 0 N–H and O–H groups in total. The maximum absolute atomic E-state index is 7.05. The van der Waals surface area contributed by atoms with Crippen molar-refractivity contribution in [3.05, 3.63) is 188 Å². The molecule has 0 radical (unpaired) electrons. The monoisotopic (exact) mass is 613 g/mol. The predicted octanol–water partition coefficient (Wildman–Crippen LogP) is 13.2. The number of furan rings is 1. The Morgan fingerprint density at radius 3 is 1.69 bits per heavy atom. The number of fused-ring (bicyclic) bond motifs is 5. The highest BCUT2D eigenvalue weighted by Gasteiger charge is 2.23. The van der Waals surface area contributed by atoms with E-state index in [0.29, 0.717) is 0 Å². The molecule has 0 saturated carbocycles. The summed E-state index contributed by atoms with van der Waals surface area (Å²) in [6.07, 6.45) is 0. The lowest BCUT2D eigenvalue weighted by Crippen LogP contribution is -2.10. The minimum atomic E-state index is 0.861. The summed E-state index contributed by atoms with van der Waals surface area (Å²) in [5.74, 6) is 0. The standard InChI is InChI=1S/C46H31NO/c1-4-13-32(14-5-1)34-23-26-39(27-24-34)47(38-20-8-3-9-21-38)43-30-29-40(37-19-12-18-36(31-37)33-15-6-2-7-16-33)44-42-28-25-35-17-10-11-22-41(35)45(42)48-46(43)44/h1-31H. The highest BCUT2D eigenvalue weighted by atomic mass is 16.3. The van der Waals surface area contributed by atoms with E-state index in [2.05, 4.69) is 193 Å². The minimum absolute atomic E-state index is 0.861. The molecule has 1 heterocycles. The third-order valence-corrected chi connectivity index (χ3v) is 9.26. The molecule has 2 nitrogen and oxygen atoms in total. The molecule has 2 heteroatoms. The molecule has 0 fully saturated rings. The van der Waals surface area contributed by atoms with Crippen LogP contribution in [0.3, 0.4) is 0 Å². The van der Waals surface area contributed by atoms with Crippen LogP contribution in [0, 0.1) is 0 Å². The minimum Gasteiger partial charge on any atom is -0.453 e. The predicted molar refractivity (Wildman–Crippen MR) is 202 cm³/mol. The van der Waals surface area contributed by atoms with Crippen LogP contribution in [-0.4, -0.2) is 0 Å². The van der Waals surface area contributed by atoms with E-state index in [4.69, 9.17) is 4.42 Å². The average Bonchev–Trinajstić information content (AvgIpc) is 3.57. The summed E-state index contributed by atoms with van der Waals surface area (Å²) in [6.45, 7) is 0. The number of para-hydroxylation sites is 1. The molecule has 0 saturated heterocycles. The Hall–Kier alpha value is -6.38. The zero-order valence-electron chi connectivity index (χ0n) is 26.3. The smallest absolute Gasteiger partial charge is 0.160 e. The lowest BCUT2D eigenvalue weighted by atomic mass is 9.94. The largest absolute Gasteiger partial charge is 0.453 e. The summed E-state index contributed by atoms with van der Waals surface area (Å²) in [5.41, 5.74) is 12.0. The van der Waals surface area contributed by atoms with Crippen LogP contribution in [-0.2, 0) is 0 Å². The molecule has 0 spiro atoms. The summed E-state index contributed by atoms with van der Waals surface area (Å²) in [7, 11) is 0. The molecule has 8 aromatic carbocycles. The molecule has 0 amide bonds. The van der Waals surface area contributed by atoms with E-state index < -0.39 is 0 Å². The van der Waals surface area contributed by atoms with Crippen LogP contribution in [0.25, 0.3) is 66.1 Å². The topological polar surface area (TPSA) is 16.4 Å². The van der Waals surface area contributed by atoms with Crippen molar-refractivity contribution < 1.29 is 4.42 Å². The van der Waals surface area contributed by atoms with Crippen molar-refractivity contribution in [3.63, 3.8) is 0 Å². The Kier molecular flexibility index (Phi) is 6.84. The van der Waals surface area contributed by atoms with Crippen molar-refractivity contribution in [2.24, 2.45) is 0 Å². The van der Waals surface area contributed by atoms with Gasteiger partial charge in [-0.3, -0.25) is 0 Å². The molecular weight excluding hydrogens is 583 g/mol. The lowest BCUT2D eigenvalue weighted by molar-refractivity contribution is 0.673. The van der Waals surface area contributed by atoms with Crippen LogP contribution < -0.4 is 4.90 Å². The molecule has 9 rings (SSSR count). The molecule has 0 aliphatic rings. The Balaban J connectivity index is 1.30. The molecule has 0 aliphatic heterocycles. The fourth-order valence-corrected chi connectivity index (χ4v) is 6.95. The van der Waals surface area contributed by atoms with Crippen molar-refractivity contribution in [1.29, 1.82) is 0 Å². The van der Waals surface area contributed by atoms with Gasteiger partial charge in [0.25, 0.3) is 0 Å². The summed E-state index contributed by atoms with van der Waals surface area (Å²) < 4.78 is 7.05. The van der Waals surface area contributed by atoms with Crippen molar-refractivity contribution in [2.75, 3.05) is 4.90 Å². The van der Waals surface area contributed by atoms with Crippen LogP contribution in [0.1, 0.15) is 0 Å². The SMILES string of the molecule is c1ccc(-c2ccc(N(c3ccccc3)c3ccc(-c4cccc(-c5ccccc5)c4)c4c3oc3c5ccccc5ccc34)cc2)cc1. The summed E-state index contributed by atoms with van der Waals surface area (Å²) >= 11 is 0. The maximum Gasteiger partial charge on any atom is 0.160 e. The zero-order valence-corrected chi connectivity index (χ0v) is 26.3. The molecule has 226 valence electrons. The fourth-order valence-electron chi connectivity index (χ4n) is 6.95. The first kappa shape index (κ1) is 27.9. The lowest BCUT2D eigenvalue weighted by Gasteiger charge is -2.26. The number of rotatable bonds is 6. The van der Waals surface area contributed by atoms with E-state index >= 15 is 0 Å².